The Morgan fingerprint density at radius 2 is 2.00 bits per heavy atom. The van der Waals surface area contributed by atoms with E-state index >= 15 is 0 Å². The molecular formula is C17H25N3S. The van der Waals surface area contributed by atoms with E-state index in [2.05, 4.69) is 49.0 Å². The SMILES string of the molecule is Cc1cn(C2CCCCC2)c(NC(C)c2ccc(C)s2)n1. The van der Waals surface area contributed by atoms with Gasteiger partial charge in [0.25, 0.3) is 0 Å². The smallest absolute Gasteiger partial charge is 0.203 e. The minimum absolute atomic E-state index is 0.313. The number of aryl methyl sites for hydroxylation is 2. The second kappa shape index (κ2) is 6.22. The fourth-order valence-corrected chi connectivity index (χ4v) is 4.09. The van der Waals surface area contributed by atoms with Gasteiger partial charge in [-0.1, -0.05) is 19.3 Å². The predicted octanol–water partition coefficient (Wildman–Crippen LogP) is 5.24. The predicted molar refractivity (Wildman–Crippen MR) is 90.2 cm³/mol. The van der Waals surface area contributed by atoms with E-state index in [1.807, 2.05) is 11.3 Å². The molecule has 1 aliphatic rings. The van der Waals surface area contributed by atoms with Crippen LogP contribution >= 0.6 is 11.3 Å². The molecule has 1 unspecified atom stereocenters. The number of rotatable bonds is 4. The molecule has 1 saturated carbocycles. The van der Waals surface area contributed by atoms with E-state index in [0.29, 0.717) is 12.1 Å². The van der Waals surface area contributed by atoms with Gasteiger partial charge in [0.15, 0.2) is 0 Å². The fourth-order valence-electron chi connectivity index (χ4n) is 3.21. The first-order valence-electron chi connectivity index (χ1n) is 8.02. The van der Waals surface area contributed by atoms with E-state index in [1.54, 1.807) is 0 Å². The van der Waals surface area contributed by atoms with Crippen molar-refractivity contribution < 1.29 is 0 Å². The molecule has 0 amide bonds. The lowest BCUT2D eigenvalue weighted by Gasteiger charge is -2.25. The van der Waals surface area contributed by atoms with Gasteiger partial charge in [0.05, 0.1) is 11.7 Å². The molecule has 0 spiro atoms. The Balaban J connectivity index is 1.78. The largest absolute Gasteiger partial charge is 0.348 e. The summed E-state index contributed by atoms with van der Waals surface area (Å²) in [5.41, 5.74) is 1.11. The average molecular weight is 303 g/mol. The van der Waals surface area contributed by atoms with Gasteiger partial charge in [0.2, 0.25) is 5.95 Å². The average Bonchev–Trinajstić information content (AvgIpc) is 3.06. The molecule has 0 aliphatic heterocycles. The molecule has 2 heterocycles. The molecule has 1 atom stereocenters. The minimum atomic E-state index is 0.313. The monoisotopic (exact) mass is 303 g/mol. The van der Waals surface area contributed by atoms with Crippen molar-refractivity contribution in [3.63, 3.8) is 0 Å². The zero-order valence-electron chi connectivity index (χ0n) is 13.2. The number of hydrogen-bond donors (Lipinski definition) is 1. The molecule has 0 saturated heterocycles. The van der Waals surface area contributed by atoms with E-state index < -0.39 is 0 Å². The van der Waals surface area contributed by atoms with Crippen molar-refractivity contribution in [3.05, 3.63) is 33.8 Å². The lowest BCUT2D eigenvalue weighted by Crippen LogP contribution is -2.17. The van der Waals surface area contributed by atoms with E-state index in [-0.39, 0.29) is 0 Å². The lowest BCUT2D eigenvalue weighted by atomic mass is 9.95. The topological polar surface area (TPSA) is 29.9 Å². The first kappa shape index (κ1) is 14.6. The fraction of sp³-hybridized carbons (Fsp3) is 0.588. The Morgan fingerprint density at radius 1 is 1.24 bits per heavy atom. The summed E-state index contributed by atoms with van der Waals surface area (Å²) in [6.45, 7) is 6.47. The quantitative estimate of drug-likeness (QED) is 0.837. The number of imidazole rings is 1. The van der Waals surface area contributed by atoms with Gasteiger partial charge in [0.1, 0.15) is 0 Å². The number of hydrogen-bond acceptors (Lipinski definition) is 3. The third-order valence-corrected chi connectivity index (χ3v) is 5.54. The van der Waals surface area contributed by atoms with Crippen LogP contribution in [-0.2, 0) is 0 Å². The lowest BCUT2D eigenvalue weighted by molar-refractivity contribution is 0.355. The van der Waals surface area contributed by atoms with E-state index in [4.69, 9.17) is 4.98 Å². The highest BCUT2D eigenvalue weighted by Gasteiger charge is 2.20. The van der Waals surface area contributed by atoms with Gasteiger partial charge in [-0.15, -0.1) is 11.3 Å². The molecule has 3 rings (SSSR count). The molecule has 2 aromatic heterocycles. The van der Waals surface area contributed by atoms with Crippen LogP contribution in [0.3, 0.4) is 0 Å². The van der Waals surface area contributed by atoms with Crippen molar-refractivity contribution in [2.24, 2.45) is 0 Å². The van der Waals surface area contributed by atoms with E-state index in [1.165, 1.54) is 41.9 Å². The highest BCUT2D eigenvalue weighted by molar-refractivity contribution is 7.12. The van der Waals surface area contributed by atoms with Crippen LogP contribution < -0.4 is 5.32 Å². The van der Waals surface area contributed by atoms with Crippen LogP contribution in [0.1, 0.15) is 66.6 Å². The zero-order valence-corrected chi connectivity index (χ0v) is 14.0. The van der Waals surface area contributed by atoms with Crippen molar-refractivity contribution in [1.29, 1.82) is 0 Å². The molecule has 2 aromatic rings. The van der Waals surface area contributed by atoms with Crippen LogP contribution in [-0.4, -0.2) is 9.55 Å². The highest BCUT2D eigenvalue weighted by Crippen LogP contribution is 2.32. The molecule has 0 aromatic carbocycles. The summed E-state index contributed by atoms with van der Waals surface area (Å²) in [4.78, 5) is 7.46. The van der Waals surface area contributed by atoms with Gasteiger partial charge in [-0.3, -0.25) is 0 Å². The third-order valence-electron chi connectivity index (χ3n) is 4.35. The van der Waals surface area contributed by atoms with E-state index in [0.717, 1.165) is 11.6 Å². The zero-order chi connectivity index (χ0) is 14.8. The van der Waals surface area contributed by atoms with Crippen molar-refractivity contribution >= 4 is 17.3 Å². The molecule has 4 heteroatoms. The number of aromatic nitrogens is 2. The Kier molecular flexibility index (Phi) is 4.34. The summed E-state index contributed by atoms with van der Waals surface area (Å²) in [6, 6.07) is 5.35. The van der Waals surface area contributed by atoms with Crippen LogP contribution in [0.2, 0.25) is 0 Å². The Bertz CT molecular complexity index is 593. The molecule has 21 heavy (non-hydrogen) atoms. The summed E-state index contributed by atoms with van der Waals surface area (Å²) >= 11 is 1.86. The normalized spacial score (nSPS) is 17.9. The maximum absolute atomic E-state index is 4.71. The van der Waals surface area contributed by atoms with Crippen LogP contribution in [0.25, 0.3) is 0 Å². The number of anilines is 1. The second-order valence-electron chi connectivity index (χ2n) is 6.22. The van der Waals surface area contributed by atoms with Crippen molar-refractivity contribution in [2.75, 3.05) is 5.32 Å². The van der Waals surface area contributed by atoms with Gasteiger partial charge >= 0.3 is 0 Å². The summed E-state index contributed by atoms with van der Waals surface area (Å²) < 4.78 is 2.38. The first-order chi connectivity index (χ1) is 10.1. The molecule has 1 fully saturated rings. The van der Waals surface area contributed by atoms with Crippen LogP contribution in [0.4, 0.5) is 5.95 Å². The van der Waals surface area contributed by atoms with Crippen molar-refractivity contribution in [1.82, 2.24) is 9.55 Å². The number of thiophene rings is 1. The summed E-state index contributed by atoms with van der Waals surface area (Å²) in [5, 5.41) is 3.62. The van der Waals surface area contributed by atoms with Crippen molar-refractivity contribution in [3.8, 4) is 0 Å². The van der Waals surface area contributed by atoms with Gasteiger partial charge in [-0.25, -0.2) is 4.98 Å². The van der Waals surface area contributed by atoms with Gasteiger partial charge < -0.3 is 9.88 Å². The molecule has 0 radical (unpaired) electrons. The third kappa shape index (κ3) is 3.31. The summed E-state index contributed by atoms with van der Waals surface area (Å²) in [5.74, 6) is 1.04. The molecular weight excluding hydrogens is 278 g/mol. The maximum atomic E-state index is 4.71. The Hall–Kier alpha value is -1.29. The first-order valence-corrected chi connectivity index (χ1v) is 8.83. The van der Waals surface area contributed by atoms with Crippen molar-refractivity contribution in [2.45, 2.75) is 65.0 Å². The molecule has 3 nitrogen and oxygen atoms in total. The van der Waals surface area contributed by atoms with Crippen LogP contribution in [0.5, 0.6) is 0 Å². The van der Waals surface area contributed by atoms with Gasteiger partial charge in [-0.05, 0) is 45.7 Å². The van der Waals surface area contributed by atoms with Gasteiger partial charge in [0, 0.05) is 22.0 Å². The maximum Gasteiger partial charge on any atom is 0.203 e. The van der Waals surface area contributed by atoms with Crippen LogP contribution in [0.15, 0.2) is 18.3 Å². The number of nitrogens with one attached hydrogen (secondary N) is 1. The minimum Gasteiger partial charge on any atom is -0.348 e. The molecule has 1 N–H and O–H groups in total. The summed E-state index contributed by atoms with van der Waals surface area (Å²) in [7, 11) is 0. The molecule has 0 bridgehead atoms. The van der Waals surface area contributed by atoms with Gasteiger partial charge in [-0.2, -0.15) is 0 Å². The summed E-state index contributed by atoms with van der Waals surface area (Å²) in [6.07, 6.45) is 8.87. The standard InChI is InChI=1S/C17H25N3S/c1-12-11-20(15-7-5-4-6-8-15)17(18-12)19-14(3)16-10-9-13(2)21-16/h9-11,14-15H,4-8H2,1-3H3,(H,18,19). The van der Waals surface area contributed by atoms with E-state index in [9.17, 15) is 0 Å². The second-order valence-corrected chi connectivity index (χ2v) is 7.54. The molecule has 114 valence electrons. The molecule has 1 aliphatic carbocycles. The Morgan fingerprint density at radius 3 is 2.67 bits per heavy atom. The van der Waals surface area contributed by atoms with Crippen LogP contribution in [0, 0.1) is 13.8 Å². The Labute approximate surface area is 131 Å². The highest BCUT2D eigenvalue weighted by atomic mass is 32.1. The number of nitrogens with zero attached hydrogens (tertiary/aromatic N) is 2.